The van der Waals surface area contributed by atoms with E-state index >= 15 is 0 Å². The fourth-order valence-corrected chi connectivity index (χ4v) is 3.95. The average molecular weight is 395 g/mol. The van der Waals surface area contributed by atoms with Crippen LogP contribution < -0.4 is 10.5 Å². The van der Waals surface area contributed by atoms with E-state index in [1.54, 1.807) is 18.7 Å². The molecule has 0 aliphatic carbocycles. The molecule has 0 N–H and O–H groups in total. The fourth-order valence-electron chi connectivity index (χ4n) is 3.95. The largest absolute Gasteiger partial charge is 0.368 e. The SMILES string of the molecule is Cc1cccc(N2CCN(C(=O)Cn3nc(C)c4c(C)onc4c3=O)CC2)c1C. The van der Waals surface area contributed by atoms with Crippen LogP contribution in [0.4, 0.5) is 5.69 Å². The van der Waals surface area contributed by atoms with Gasteiger partial charge in [-0.05, 0) is 44.9 Å². The summed E-state index contributed by atoms with van der Waals surface area (Å²) in [5.74, 6) is 0.447. The molecule has 1 aromatic carbocycles. The molecule has 0 spiro atoms. The van der Waals surface area contributed by atoms with Crippen molar-refractivity contribution < 1.29 is 9.32 Å². The number of piperazine rings is 1. The highest BCUT2D eigenvalue weighted by Gasteiger charge is 2.24. The molecule has 1 aliphatic rings. The van der Waals surface area contributed by atoms with Gasteiger partial charge in [0.05, 0.1) is 11.1 Å². The number of rotatable bonds is 3. The van der Waals surface area contributed by atoms with E-state index in [2.05, 4.69) is 47.2 Å². The number of hydrogen-bond acceptors (Lipinski definition) is 6. The van der Waals surface area contributed by atoms with Gasteiger partial charge in [0.15, 0.2) is 5.52 Å². The number of aromatic nitrogens is 3. The van der Waals surface area contributed by atoms with Gasteiger partial charge < -0.3 is 14.3 Å². The molecule has 1 amide bonds. The molecule has 0 radical (unpaired) electrons. The van der Waals surface area contributed by atoms with Crippen molar-refractivity contribution in [1.82, 2.24) is 19.8 Å². The molecule has 0 atom stereocenters. The highest BCUT2D eigenvalue weighted by Crippen LogP contribution is 2.24. The summed E-state index contributed by atoms with van der Waals surface area (Å²) in [6.45, 7) is 10.4. The van der Waals surface area contributed by atoms with Crippen molar-refractivity contribution in [3.8, 4) is 0 Å². The third-order valence-electron chi connectivity index (χ3n) is 5.77. The normalized spacial score (nSPS) is 14.6. The number of anilines is 1. The van der Waals surface area contributed by atoms with Gasteiger partial charge in [-0.1, -0.05) is 17.3 Å². The van der Waals surface area contributed by atoms with Gasteiger partial charge >= 0.3 is 0 Å². The standard InChI is InChI=1S/C21H25N5O3/c1-13-6-5-7-17(14(13)2)24-8-10-25(11-9-24)18(27)12-26-21(28)20-19(15(3)22-26)16(4)29-23-20/h5-7H,8-12H2,1-4H3. The van der Waals surface area contributed by atoms with E-state index in [0.717, 1.165) is 13.1 Å². The lowest BCUT2D eigenvalue weighted by atomic mass is 10.1. The number of aryl methyl sites for hydroxylation is 3. The van der Waals surface area contributed by atoms with Crippen molar-refractivity contribution >= 4 is 22.5 Å². The maximum absolute atomic E-state index is 12.8. The molecule has 152 valence electrons. The molecule has 8 heteroatoms. The first-order chi connectivity index (χ1) is 13.9. The van der Waals surface area contributed by atoms with Crippen LogP contribution in [0.15, 0.2) is 27.5 Å². The van der Waals surface area contributed by atoms with Crippen LogP contribution >= 0.6 is 0 Å². The lowest BCUT2D eigenvalue weighted by Gasteiger charge is -2.37. The molecule has 2 aromatic heterocycles. The van der Waals surface area contributed by atoms with E-state index in [1.807, 2.05) is 0 Å². The lowest BCUT2D eigenvalue weighted by molar-refractivity contribution is -0.132. The second-order valence-electron chi connectivity index (χ2n) is 7.60. The van der Waals surface area contributed by atoms with E-state index in [4.69, 9.17) is 4.52 Å². The van der Waals surface area contributed by atoms with Crippen LogP contribution in [0.2, 0.25) is 0 Å². The Morgan fingerprint density at radius 3 is 2.55 bits per heavy atom. The average Bonchev–Trinajstić information content (AvgIpc) is 3.10. The number of nitrogens with zero attached hydrogens (tertiary/aromatic N) is 5. The van der Waals surface area contributed by atoms with Crippen molar-refractivity contribution in [2.45, 2.75) is 34.2 Å². The second kappa shape index (κ2) is 7.35. The second-order valence-corrected chi connectivity index (χ2v) is 7.60. The first kappa shape index (κ1) is 19.2. The molecule has 1 aliphatic heterocycles. The summed E-state index contributed by atoms with van der Waals surface area (Å²) in [5.41, 5.74) is 4.21. The van der Waals surface area contributed by atoms with Gasteiger partial charge in [-0.25, -0.2) is 4.68 Å². The Bertz CT molecular complexity index is 1140. The zero-order valence-electron chi connectivity index (χ0n) is 17.2. The van der Waals surface area contributed by atoms with E-state index in [9.17, 15) is 9.59 Å². The van der Waals surface area contributed by atoms with E-state index in [0.29, 0.717) is 29.9 Å². The molecule has 3 aromatic rings. The molecule has 0 saturated carbocycles. The molecular formula is C21H25N5O3. The Labute approximate surface area is 168 Å². The van der Waals surface area contributed by atoms with Crippen LogP contribution in [-0.2, 0) is 11.3 Å². The zero-order chi connectivity index (χ0) is 20.7. The van der Waals surface area contributed by atoms with Gasteiger partial charge in [0.2, 0.25) is 5.91 Å². The van der Waals surface area contributed by atoms with E-state index in [1.165, 1.54) is 21.5 Å². The number of benzene rings is 1. The molecule has 1 fully saturated rings. The highest BCUT2D eigenvalue weighted by molar-refractivity contribution is 5.82. The number of carbonyl (C=O) groups is 1. The number of hydrogen-bond donors (Lipinski definition) is 0. The highest BCUT2D eigenvalue weighted by atomic mass is 16.5. The van der Waals surface area contributed by atoms with Gasteiger partial charge in [0.25, 0.3) is 5.56 Å². The molecule has 3 heterocycles. The fraction of sp³-hybridized carbons (Fsp3) is 0.429. The van der Waals surface area contributed by atoms with Crippen LogP contribution in [0.1, 0.15) is 22.6 Å². The van der Waals surface area contributed by atoms with Gasteiger partial charge in [0, 0.05) is 31.9 Å². The molecule has 29 heavy (non-hydrogen) atoms. The van der Waals surface area contributed by atoms with Gasteiger partial charge in [-0.15, -0.1) is 0 Å². The summed E-state index contributed by atoms with van der Waals surface area (Å²) in [5, 5.41) is 8.76. The van der Waals surface area contributed by atoms with Crippen molar-refractivity contribution in [1.29, 1.82) is 0 Å². The summed E-state index contributed by atoms with van der Waals surface area (Å²) in [6, 6.07) is 6.30. The van der Waals surface area contributed by atoms with Crippen LogP contribution in [0.5, 0.6) is 0 Å². The summed E-state index contributed by atoms with van der Waals surface area (Å²) < 4.78 is 6.31. The van der Waals surface area contributed by atoms with Crippen LogP contribution in [0.3, 0.4) is 0 Å². The molecule has 1 saturated heterocycles. The Kier molecular flexibility index (Phi) is 4.86. The number of fused-ring (bicyclic) bond motifs is 1. The molecule has 4 rings (SSSR count). The maximum Gasteiger partial charge on any atom is 0.297 e. The van der Waals surface area contributed by atoms with Gasteiger partial charge in [-0.2, -0.15) is 5.10 Å². The summed E-state index contributed by atoms with van der Waals surface area (Å²) in [6.07, 6.45) is 0. The summed E-state index contributed by atoms with van der Waals surface area (Å²) >= 11 is 0. The van der Waals surface area contributed by atoms with Crippen LogP contribution in [0.25, 0.3) is 10.9 Å². The first-order valence-electron chi connectivity index (χ1n) is 9.79. The Hall–Kier alpha value is -3.16. The van der Waals surface area contributed by atoms with E-state index < -0.39 is 5.56 Å². The van der Waals surface area contributed by atoms with Crippen molar-refractivity contribution in [3.63, 3.8) is 0 Å². The maximum atomic E-state index is 12.8. The third-order valence-corrected chi connectivity index (χ3v) is 5.77. The third kappa shape index (κ3) is 3.39. The minimum atomic E-state index is -0.398. The monoisotopic (exact) mass is 395 g/mol. The number of amides is 1. The van der Waals surface area contributed by atoms with Crippen molar-refractivity contribution in [2.75, 3.05) is 31.1 Å². The summed E-state index contributed by atoms with van der Waals surface area (Å²) in [7, 11) is 0. The molecule has 8 nitrogen and oxygen atoms in total. The minimum absolute atomic E-state index is 0.0923. The minimum Gasteiger partial charge on any atom is -0.368 e. The van der Waals surface area contributed by atoms with Crippen molar-refractivity contribution in [2.24, 2.45) is 0 Å². The van der Waals surface area contributed by atoms with Crippen molar-refractivity contribution in [3.05, 3.63) is 51.1 Å². The zero-order valence-corrected chi connectivity index (χ0v) is 17.2. The smallest absolute Gasteiger partial charge is 0.297 e. The predicted molar refractivity (Wildman–Crippen MR) is 110 cm³/mol. The molecule has 0 unspecified atom stereocenters. The Morgan fingerprint density at radius 2 is 1.83 bits per heavy atom. The van der Waals surface area contributed by atoms with E-state index in [-0.39, 0.29) is 18.0 Å². The quantitative estimate of drug-likeness (QED) is 0.674. The topological polar surface area (TPSA) is 84.5 Å². The number of carbonyl (C=O) groups excluding carboxylic acids is 1. The van der Waals surface area contributed by atoms with Gasteiger partial charge in [-0.3, -0.25) is 9.59 Å². The van der Waals surface area contributed by atoms with Crippen LogP contribution in [0, 0.1) is 27.7 Å². The van der Waals surface area contributed by atoms with Crippen LogP contribution in [-0.4, -0.2) is 51.9 Å². The van der Waals surface area contributed by atoms with Gasteiger partial charge in [0.1, 0.15) is 12.3 Å². The Morgan fingerprint density at radius 1 is 1.10 bits per heavy atom. The first-order valence-corrected chi connectivity index (χ1v) is 9.79. The summed E-state index contributed by atoms with van der Waals surface area (Å²) in [4.78, 5) is 29.5. The predicted octanol–water partition coefficient (Wildman–Crippen LogP) is 1.97. The lowest BCUT2D eigenvalue weighted by Crippen LogP contribution is -2.50. The molecule has 0 bridgehead atoms. The Balaban J connectivity index is 1.47. The molecular weight excluding hydrogens is 370 g/mol.